The Labute approximate surface area is 157 Å². The highest BCUT2D eigenvalue weighted by Gasteiger charge is 2.17. The lowest BCUT2D eigenvalue weighted by Gasteiger charge is -2.33. The van der Waals surface area contributed by atoms with Crippen LogP contribution in [0.15, 0.2) is 18.3 Å². The Morgan fingerprint density at radius 3 is 2.69 bits per heavy atom. The molecule has 2 fully saturated rings. The summed E-state index contributed by atoms with van der Waals surface area (Å²) in [5.41, 5.74) is 1.03. The third-order valence-corrected chi connectivity index (χ3v) is 5.54. The average Bonchev–Trinajstić information content (AvgIpc) is 3.20. The molecule has 0 unspecified atom stereocenters. The number of carbonyl (C=O) groups excluding carboxylic acids is 1. The van der Waals surface area contributed by atoms with Crippen molar-refractivity contribution >= 4 is 11.8 Å². The van der Waals surface area contributed by atoms with Crippen LogP contribution < -0.4 is 15.5 Å². The van der Waals surface area contributed by atoms with E-state index in [9.17, 15) is 4.79 Å². The fourth-order valence-corrected chi connectivity index (χ4v) is 3.87. The van der Waals surface area contributed by atoms with Crippen molar-refractivity contribution < 1.29 is 4.79 Å². The summed E-state index contributed by atoms with van der Waals surface area (Å²) < 4.78 is 0. The highest BCUT2D eigenvalue weighted by molar-refractivity contribution is 5.73. The molecule has 1 aromatic heterocycles. The molecule has 0 saturated carbocycles. The van der Waals surface area contributed by atoms with E-state index in [1.807, 2.05) is 6.20 Å². The second kappa shape index (κ2) is 9.76. The van der Waals surface area contributed by atoms with Crippen LogP contribution in [0, 0.1) is 0 Å². The molecule has 6 heteroatoms. The molecule has 2 N–H and O–H groups in total. The van der Waals surface area contributed by atoms with Crippen molar-refractivity contribution in [1.29, 1.82) is 0 Å². The van der Waals surface area contributed by atoms with Crippen molar-refractivity contribution in [2.75, 3.05) is 37.6 Å². The standard InChI is InChI=1S/C20H33N5O/c1-17-7-2-3-11-24(17)14-6-10-21-20(26)23-16-18-8-9-19(22-15-18)25-12-4-5-13-25/h8-9,15,17H,2-7,10-14,16H2,1H3,(H2,21,23,26)/t17-/m0/s1. The molecular weight excluding hydrogens is 326 g/mol. The number of anilines is 1. The maximum Gasteiger partial charge on any atom is 0.315 e. The van der Waals surface area contributed by atoms with Crippen LogP contribution in [0.1, 0.15) is 51.0 Å². The predicted octanol–water partition coefficient (Wildman–Crippen LogP) is 2.75. The van der Waals surface area contributed by atoms with Gasteiger partial charge in [0.1, 0.15) is 5.82 Å². The summed E-state index contributed by atoms with van der Waals surface area (Å²) in [6, 6.07) is 4.70. The minimum Gasteiger partial charge on any atom is -0.357 e. The lowest BCUT2D eigenvalue weighted by molar-refractivity contribution is 0.159. The van der Waals surface area contributed by atoms with Gasteiger partial charge in [0, 0.05) is 45.0 Å². The summed E-state index contributed by atoms with van der Waals surface area (Å²) in [6.07, 6.45) is 9.34. The summed E-state index contributed by atoms with van der Waals surface area (Å²) in [5, 5.41) is 5.88. The van der Waals surface area contributed by atoms with Gasteiger partial charge in [0.15, 0.2) is 0 Å². The third-order valence-electron chi connectivity index (χ3n) is 5.54. The minimum atomic E-state index is -0.0969. The molecule has 0 spiro atoms. The van der Waals surface area contributed by atoms with E-state index in [2.05, 4.69) is 44.5 Å². The Balaban J connectivity index is 1.30. The maximum absolute atomic E-state index is 11.9. The molecule has 3 rings (SSSR count). The van der Waals surface area contributed by atoms with Crippen molar-refractivity contribution in [3.63, 3.8) is 0 Å². The van der Waals surface area contributed by atoms with Gasteiger partial charge < -0.3 is 20.4 Å². The van der Waals surface area contributed by atoms with Gasteiger partial charge in [-0.15, -0.1) is 0 Å². The van der Waals surface area contributed by atoms with Gasteiger partial charge in [-0.1, -0.05) is 12.5 Å². The SMILES string of the molecule is C[C@H]1CCCCN1CCCNC(=O)NCc1ccc(N2CCCC2)nc1. The summed E-state index contributed by atoms with van der Waals surface area (Å²) in [4.78, 5) is 21.3. The van der Waals surface area contributed by atoms with Gasteiger partial charge in [-0.05, 0) is 57.2 Å². The first kappa shape index (κ1) is 19.0. The van der Waals surface area contributed by atoms with Gasteiger partial charge in [0.25, 0.3) is 0 Å². The zero-order chi connectivity index (χ0) is 18.2. The van der Waals surface area contributed by atoms with E-state index in [-0.39, 0.29) is 6.03 Å². The van der Waals surface area contributed by atoms with Crippen LogP contribution in [-0.4, -0.2) is 54.7 Å². The van der Waals surface area contributed by atoms with Crippen LogP contribution in [0.3, 0.4) is 0 Å². The molecule has 3 heterocycles. The van der Waals surface area contributed by atoms with Crippen LogP contribution in [0.25, 0.3) is 0 Å². The lowest BCUT2D eigenvalue weighted by Crippen LogP contribution is -2.40. The summed E-state index contributed by atoms with van der Waals surface area (Å²) in [6.45, 7) is 8.02. The lowest BCUT2D eigenvalue weighted by atomic mass is 10.0. The highest BCUT2D eigenvalue weighted by Crippen LogP contribution is 2.17. The van der Waals surface area contributed by atoms with E-state index in [1.165, 1.54) is 38.6 Å². The summed E-state index contributed by atoms with van der Waals surface area (Å²) >= 11 is 0. The van der Waals surface area contributed by atoms with Crippen molar-refractivity contribution in [2.45, 2.75) is 58.0 Å². The monoisotopic (exact) mass is 359 g/mol. The van der Waals surface area contributed by atoms with Gasteiger partial charge in [-0.2, -0.15) is 0 Å². The van der Waals surface area contributed by atoms with Crippen LogP contribution in [0.2, 0.25) is 0 Å². The second-order valence-corrected chi connectivity index (χ2v) is 7.56. The van der Waals surface area contributed by atoms with Crippen LogP contribution in [0.5, 0.6) is 0 Å². The van der Waals surface area contributed by atoms with E-state index in [0.717, 1.165) is 44.0 Å². The van der Waals surface area contributed by atoms with Gasteiger partial charge >= 0.3 is 6.03 Å². The van der Waals surface area contributed by atoms with Crippen LogP contribution in [-0.2, 0) is 6.54 Å². The Kier molecular flexibility index (Phi) is 7.12. The van der Waals surface area contributed by atoms with Gasteiger partial charge in [-0.3, -0.25) is 0 Å². The van der Waals surface area contributed by atoms with E-state index >= 15 is 0 Å². The van der Waals surface area contributed by atoms with E-state index in [4.69, 9.17) is 0 Å². The summed E-state index contributed by atoms with van der Waals surface area (Å²) in [5.74, 6) is 1.04. The molecule has 2 amide bonds. The number of likely N-dealkylation sites (tertiary alicyclic amines) is 1. The number of aromatic nitrogens is 1. The molecule has 144 valence electrons. The van der Waals surface area contributed by atoms with Gasteiger partial charge in [0.05, 0.1) is 0 Å². The normalized spacial score (nSPS) is 21.0. The number of pyridine rings is 1. The molecule has 1 atom stereocenters. The molecule has 6 nitrogen and oxygen atoms in total. The van der Waals surface area contributed by atoms with Gasteiger partial charge in [0.2, 0.25) is 0 Å². The zero-order valence-electron chi connectivity index (χ0n) is 16.0. The number of piperidine rings is 1. The Morgan fingerprint density at radius 2 is 1.96 bits per heavy atom. The quantitative estimate of drug-likeness (QED) is 0.735. The van der Waals surface area contributed by atoms with Crippen molar-refractivity contribution in [1.82, 2.24) is 20.5 Å². The van der Waals surface area contributed by atoms with Crippen LogP contribution in [0.4, 0.5) is 10.6 Å². The zero-order valence-corrected chi connectivity index (χ0v) is 16.0. The first-order chi connectivity index (χ1) is 12.7. The fraction of sp³-hybridized carbons (Fsp3) is 0.700. The highest BCUT2D eigenvalue weighted by atomic mass is 16.2. The van der Waals surface area contributed by atoms with Crippen molar-refractivity contribution in [2.24, 2.45) is 0 Å². The molecule has 2 saturated heterocycles. The number of urea groups is 1. The van der Waals surface area contributed by atoms with E-state index in [0.29, 0.717) is 12.6 Å². The Bertz CT molecular complexity index is 556. The molecule has 1 aromatic rings. The van der Waals surface area contributed by atoms with E-state index < -0.39 is 0 Å². The fourth-order valence-electron chi connectivity index (χ4n) is 3.87. The first-order valence-corrected chi connectivity index (χ1v) is 10.2. The number of rotatable bonds is 7. The Morgan fingerprint density at radius 1 is 1.15 bits per heavy atom. The second-order valence-electron chi connectivity index (χ2n) is 7.56. The van der Waals surface area contributed by atoms with Gasteiger partial charge in [-0.25, -0.2) is 9.78 Å². The number of hydrogen-bond acceptors (Lipinski definition) is 4. The predicted molar refractivity (Wildman–Crippen MR) is 105 cm³/mol. The average molecular weight is 360 g/mol. The van der Waals surface area contributed by atoms with Crippen molar-refractivity contribution in [3.8, 4) is 0 Å². The summed E-state index contributed by atoms with van der Waals surface area (Å²) in [7, 11) is 0. The molecule has 0 radical (unpaired) electrons. The minimum absolute atomic E-state index is 0.0969. The number of hydrogen-bond donors (Lipinski definition) is 2. The van der Waals surface area contributed by atoms with Crippen molar-refractivity contribution in [3.05, 3.63) is 23.9 Å². The smallest absolute Gasteiger partial charge is 0.315 e. The maximum atomic E-state index is 11.9. The molecule has 2 aliphatic rings. The van der Waals surface area contributed by atoms with E-state index in [1.54, 1.807) is 0 Å². The molecule has 26 heavy (non-hydrogen) atoms. The topological polar surface area (TPSA) is 60.5 Å². The number of nitrogens with one attached hydrogen (secondary N) is 2. The third kappa shape index (κ3) is 5.59. The van der Waals surface area contributed by atoms with Crippen LogP contribution >= 0.6 is 0 Å². The molecule has 0 aromatic carbocycles. The number of nitrogens with zero attached hydrogens (tertiary/aromatic N) is 3. The first-order valence-electron chi connectivity index (χ1n) is 10.2. The number of carbonyl (C=O) groups is 1. The molecular formula is C20H33N5O. The molecule has 2 aliphatic heterocycles. The molecule has 0 bridgehead atoms. The molecule has 0 aliphatic carbocycles. The largest absolute Gasteiger partial charge is 0.357 e. The Hall–Kier alpha value is -1.82. The number of amides is 2.